The van der Waals surface area contributed by atoms with Crippen molar-refractivity contribution in [2.75, 3.05) is 17.7 Å². The summed E-state index contributed by atoms with van der Waals surface area (Å²) in [6.07, 6.45) is 5.07. The van der Waals surface area contributed by atoms with E-state index < -0.39 is 0 Å². The van der Waals surface area contributed by atoms with Crippen LogP contribution >= 0.6 is 23.1 Å². The first-order chi connectivity index (χ1) is 8.45. The van der Waals surface area contributed by atoms with E-state index >= 15 is 0 Å². The molecule has 0 amide bonds. The number of hydrogen-bond acceptors (Lipinski definition) is 4. The maximum Gasteiger partial charge on any atom is 0.202 e. The summed E-state index contributed by atoms with van der Waals surface area (Å²) in [6, 6.07) is 0. The van der Waals surface area contributed by atoms with E-state index in [-0.39, 0.29) is 10.8 Å². The van der Waals surface area contributed by atoms with Crippen LogP contribution in [0, 0.1) is 5.41 Å². The minimum absolute atomic E-state index is 0.0218. The number of rotatable bonds is 4. The van der Waals surface area contributed by atoms with Gasteiger partial charge < -0.3 is 5.32 Å². The first-order valence-electron chi connectivity index (χ1n) is 6.59. The van der Waals surface area contributed by atoms with Crippen LogP contribution in [0.5, 0.6) is 0 Å². The second-order valence-electron chi connectivity index (χ2n) is 6.37. The molecule has 2 rings (SSSR count). The summed E-state index contributed by atoms with van der Waals surface area (Å²) in [6.45, 7) is 7.33. The Balaban J connectivity index is 1.96. The van der Waals surface area contributed by atoms with Gasteiger partial charge in [0.25, 0.3) is 0 Å². The van der Waals surface area contributed by atoms with E-state index in [1.807, 2.05) is 0 Å². The molecule has 18 heavy (non-hydrogen) atoms. The average Bonchev–Trinajstić information content (AvgIpc) is 2.96. The SMILES string of the molecule is CC(C)(C)c1nsc(NCC2(CCl)CCCC2)n1. The quantitative estimate of drug-likeness (QED) is 0.849. The van der Waals surface area contributed by atoms with Crippen LogP contribution in [0.15, 0.2) is 0 Å². The molecule has 0 unspecified atom stereocenters. The van der Waals surface area contributed by atoms with E-state index in [4.69, 9.17) is 11.6 Å². The van der Waals surface area contributed by atoms with E-state index in [1.54, 1.807) is 0 Å². The molecule has 1 aromatic heterocycles. The van der Waals surface area contributed by atoms with E-state index in [9.17, 15) is 0 Å². The molecule has 0 aromatic carbocycles. The number of alkyl halides is 1. The summed E-state index contributed by atoms with van der Waals surface area (Å²) < 4.78 is 4.42. The Morgan fingerprint density at radius 2 is 2.00 bits per heavy atom. The summed E-state index contributed by atoms with van der Waals surface area (Å²) >= 11 is 7.59. The van der Waals surface area contributed by atoms with Crippen molar-refractivity contribution in [1.82, 2.24) is 9.36 Å². The molecule has 0 bridgehead atoms. The third-order valence-electron chi connectivity index (χ3n) is 3.66. The molecule has 1 aliphatic rings. The smallest absolute Gasteiger partial charge is 0.202 e. The van der Waals surface area contributed by atoms with Gasteiger partial charge >= 0.3 is 0 Å². The molecule has 1 N–H and O–H groups in total. The maximum atomic E-state index is 6.14. The van der Waals surface area contributed by atoms with Gasteiger partial charge in [0, 0.05) is 34.8 Å². The summed E-state index contributed by atoms with van der Waals surface area (Å²) in [4.78, 5) is 4.56. The third-order valence-corrected chi connectivity index (χ3v) is 4.90. The first-order valence-corrected chi connectivity index (χ1v) is 7.90. The molecular formula is C13H22ClN3S. The van der Waals surface area contributed by atoms with Crippen molar-refractivity contribution in [3.05, 3.63) is 5.82 Å². The van der Waals surface area contributed by atoms with Gasteiger partial charge in [0.2, 0.25) is 5.13 Å². The Hall–Kier alpha value is -0.350. The van der Waals surface area contributed by atoms with Gasteiger partial charge in [-0.05, 0) is 12.8 Å². The largest absolute Gasteiger partial charge is 0.360 e. The highest BCUT2D eigenvalue weighted by atomic mass is 35.5. The standard InChI is InChI=1S/C13H22ClN3S/c1-12(2,3)10-16-11(18-17-10)15-9-13(8-14)6-4-5-7-13/h4-9H2,1-3H3,(H,15,16,17). The van der Waals surface area contributed by atoms with Crippen LogP contribution < -0.4 is 5.32 Å². The fraction of sp³-hybridized carbons (Fsp3) is 0.846. The van der Waals surface area contributed by atoms with Crippen molar-refractivity contribution in [2.45, 2.75) is 51.9 Å². The van der Waals surface area contributed by atoms with Crippen LogP contribution in [0.1, 0.15) is 52.3 Å². The van der Waals surface area contributed by atoms with Gasteiger partial charge in [-0.2, -0.15) is 4.37 Å². The monoisotopic (exact) mass is 287 g/mol. The summed E-state index contributed by atoms with van der Waals surface area (Å²) in [5, 5.41) is 4.36. The van der Waals surface area contributed by atoms with Crippen LogP contribution in [-0.2, 0) is 5.41 Å². The van der Waals surface area contributed by atoms with Crippen LogP contribution in [0.2, 0.25) is 0 Å². The lowest BCUT2D eigenvalue weighted by Crippen LogP contribution is -2.28. The zero-order valence-corrected chi connectivity index (χ0v) is 13.0. The predicted molar refractivity (Wildman–Crippen MR) is 78.7 cm³/mol. The fourth-order valence-corrected chi connectivity index (χ4v) is 3.46. The second-order valence-corrected chi connectivity index (χ2v) is 7.39. The average molecular weight is 288 g/mol. The highest BCUT2D eigenvalue weighted by Crippen LogP contribution is 2.39. The predicted octanol–water partition coefficient (Wildman–Crippen LogP) is 4.05. The number of aromatic nitrogens is 2. The minimum Gasteiger partial charge on any atom is -0.360 e. The van der Waals surface area contributed by atoms with Crippen LogP contribution in [0.25, 0.3) is 0 Å². The van der Waals surface area contributed by atoms with E-state index in [0.717, 1.165) is 23.4 Å². The van der Waals surface area contributed by atoms with E-state index in [2.05, 4.69) is 35.4 Å². The maximum absolute atomic E-state index is 6.14. The molecule has 1 fully saturated rings. The Bertz CT molecular complexity index is 391. The highest BCUT2D eigenvalue weighted by molar-refractivity contribution is 7.09. The van der Waals surface area contributed by atoms with Crippen molar-refractivity contribution in [3.63, 3.8) is 0 Å². The summed E-state index contributed by atoms with van der Waals surface area (Å²) in [5.41, 5.74) is 0.295. The minimum atomic E-state index is 0.0218. The molecular weight excluding hydrogens is 266 g/mol. The lowest BCUT2D eigenvalue weighted by atomic mass is 9.89. The third kappa shape index (κ3) is 3.15. The number of nitrogens with zero attached hydrogens (tertiary/aromatic N) is 2. The van der Waals surface area contributed by atoms with Gasteiger partial charge in [0.15, 0.2) is 0 Å². The first kappa shape index (κ1) is 14.1. The van der Waals surface area contributed by atoms with E-state index in [0.29, 0.717) is 0 Å². The molecule has 0 spiro atoms. The van der Waals surface area contributed by atoms with Crippen molar-refractivity contribution in [3.8, 4) is 0 Å². The molecule has 0 aliphatic heterocycles. The topological polar surface area (TPSA) is 37.8 Å². The van der Waals surface area contributed by atoms with Gasteiger partial charge in [-0.15, -0.1) is 11.6 Å². The summed E-state index contributed by atoms with van der Waals surface area (Å²) in [5.74, 6) is 1.66. The molecule has 102 valence electrons. The van der Waals surface area contributed by atoms with Gasteiger partial charge in [0.05, 0.1) is 0 Å². The Morgan fingerprint density at radius 1 is 1.33 bits per heavy atom. The zero-order chi connectivity index (χ0) is 13.2. The molecule has 1 aliphatic carbocycles. The van der Waals surface area contributed by atoms with Crippen LogP contribution in [-0.4, -0.2) is 21.8 Å². The molecule has 5 heteroatoms. The van der Waals surface area contributed by atoms with Gasteiger partial charge in [-0.25, -0.2) is 4.98 Å². The van der Waals surface area contributed by atoms with Crippen molar-refractivity contribution < 1.29 is 0 Å². The fourth-order valence-electron chi connectivity index (χ4n) is 2.35. The molecule has 0 atom stereocenters. The lowest BCUT2D eigenvalue weighted by Gasteiger charge is -2.26. The van der Waals surface area contributed by atoms with Crippen molar-refractivity contribution >= 4 is 28.3 Å². The highest BCUT2D eigenvalue weighted by Gasteiger charge is 2.33. The zero-order valence-electron chi connectivity index (χ0n) is 11.4. The number of hydrogen-bond donors (Lipinski definition) is 1. The molecule has 0 saturated heterocycles. The molecule has 0 radical (unpaired) electrons. The molecule has 3 nitrogen and oxygen atoms in total. The number of anilines is 1. The molecule has 1 heterocycles. The van der Waals surface area contributed by atoms with Crippen LogP contribution in [0.4, 0.5) is 5.13 Å². The van der Waals surface area contributed by atoms with E-state index in [1.165, 1.54) is 37.2 Å². The normalized spacial score (nSPS) is 19.1. The van der Waals surface area contributed by atoms with Gasteiger partial charge in [-0.3, -0.25) is 0 Å². The molecule has 1 saturated carbocycles. The summed E-state index contributed by atoms with van der Waals surface area (Å²) in [7, 11) is 0. The second kappa shape index (κ2) is 5.33. The Morgan fingerprint density at radius 3 is 2.50 bits per heavy atom. The Kier molecular flexibility index (Phi) is 4.17. The van der Waals surface area contributed by atoms with Gasteiger partial charge in [0.1, 0.15) is 5.82 Å². The molecule has 1 aromatic rings. The Labute approximate surface area is 119 Å². The van der Waals surface area contributed by atoms with Crippen molar-refractivity contribution in [2.24, 2.45) is 5.41 Å². The van der Waals surface area contributed by atoms with Gasteiger partial charge in [-0.1, -0.05) is 33.6 Å². The van der Waals surface area contributed by atoms with Crippen LogP contribution in [0.3, 0.4) is 0 Å². The van der Waals surface area contributed by atoms with Crippen molar-refractivity contribution in [1.29, 1.82) is 0 Å². The number of halogens is 1. The number of nitrogens with one attached hydrogen (secondary N) is 1. The lowest BCUT2D eigenvalue weighted by molar-refractivity contribution is 0.368.